The fraction of sp³-hybridized carbons (Fsp3) is 0.214. The van der Waals surface area contributed by atoms with E-state index in [1.807, 2.05) is 67.6 Å². The number of carbonyl (C=O) groups excluding carboxylic acids is 2. The number of hydrogen-bond donors (Lipinski definition) is 1. The molecule has 3 aromatic carbocycles. The molecule has 1 heterocycles. The van der Waals surface area contributed by atoms with Gasteiger partial charge in [0.05, 0.1) is 11.6 Å². The van der Waals surface area contributed by atoms with Crippen LogP contribution >= 0.6 is 0 Å². The smallest absolute Gasteiger partial charge is 0.295 e. The fourth-order valence-corrected chi connectivity index (χ4v) is 4.08. The molecule has 0 unspecified atom stereocenters. The van der Waals surface area contributed by atoms with E-state index in [2.05, 4.69) is 0 Å². The summed E-state index contributed by atoms with van der Waals surface area (Å²) in [4.78, 5) is 27.6. The van der Waals surface area contributed by atoms with Crippen LogP contribution < -0.4 is 4.74 Å². The Morgan fingerprint density at radius 2 is 1.65 bits per heavy atom. The Hall–Kier alpha value is -3.90. The van der Waals surface area contributed by atoms with Crippen LogP contribution in [0.15, 0.2) is 84.4 Å². The maximum Gasteiger partial charge on any atom is 0.295 e. The van der Waals surface area contributed by atoms with Gasteiger partial charge in [-0.25, -0.2) is 0 Å². The summed E-state index contributed by atoms with van der Waals surface area (Å²) < 4.78 is 11.1. The van der Waals surface area contributed by atoms with Gasteiger partial charge in [0.1, 0.15) is 17.3 Å². The summed E-state index contributed by atoms with van der Waals surface area (Å²) in [6.07, 6.45) is 0.560. The summed E-state index contributed by atoms with van der Waals surface area (Å²) in [5.74, 6) is -0.277. The van der Waals surface area contributed by atoms with E-state index in [1.54, 1.807) is 25.3 Å². The molecule has 4 rings (SSSR count). The zero-order valence-corrected chi connectivity index (χ0v) is 19.2. The quantitative estimate of drug-likeness (QED) is 0.217. The van der Waals surface area contributed by atoms with E-state index < -0.39 is 17.7 Å². The number of aliphatic hydroxyl groups excluding tert-OH is 1. The lowest BCUT2D eigenvalue weighted by molar-refractivity contribution is -0.140. The zero-order valence-electron chi connectivity index (χ0n) is 19.2. The Balaban J connectivity index is 1.78. The van der Waals surface area contributed by atoms with Gasteiger partial charge in [0, 0.05) is 25.8 Å². The molecule has 1 aliphatic heterocycles. The molecule has 34 heavy (non-hydrogen) atoms. The number of likely N-dealkylation sites (tertiary alicyclic amines) is 1. The Morgan fingerprint density at radius 1 is 0.941 bits per heavy atom. The second-order valence-electron chi connectivity index (χ2n) is 8.19. The highest BCUT2D eigenvalue weighted by Crippen LogP contribution is 2.40. The predicted octanol–water partition coefficient (Wildman–Crippen LogP) is 5.25. The van der Waals surface area contributed by atoms with Gasteiger partial charge in [-0.1, -0.05) is 60.2 Å². The highest BCUT2D eigenvalue weighted by molar-refractivity contribution is 6.46. The van der Waals surface area contributed by atoms with Crippen LogP contribution in [-0.4, -0.2) is 42.0 Å². The van der Waals surface area contributed by atoms with Gasteiger partial charge in [-0.05, 0) is 43.2 Å². The number of carbonyl (C=O) groups is 2. The van der Waals surface area contributed by atoms with Crippen LogP contribution in [0.25, 0.3) is 5.76 Å². The van der Waals surface area contributed by atoms with Crippen LogP contribution in [0.3, 0.4) is 0 Å². The zero-order chi connectivity index (χ0) is 24.1. The molecule has 174 valence electrons. The maximum absolute atomic E-state index is 13.1. The molecule has 1 amide bonds. The van der Waals surface area contributed by atoms with Gasteiger partial charge in [-0.3, -0.25) is 9.59 Å². The third kappa shape index (κ3) is 4.87. The molecule has 1 aliphatic rings. The van der Waals surface area contributed by atoms with Crippen molar-refractivity contribution in [3.8, 4) is 11.5 Å². The van der Waals surface area contributed by atoms with E-state index in [-0.39, 0.29) is 11.3 Å². The SMILES string of the molecule is COCCCN1C(=O)C(=O)C(=C(O)c2ccc(C)cc2)[C@@H]1c1cccc(Oc2ccccc2)c1. The van der Waals surface area contributed by atoms with Crippen LogP contribution in [0.2, 0.25) is 0 Å². The van der Waals surface area contributed by atoms with Gasteiger partial charge in [0.15, 0.2) is 0 Å². The second-order valence-corrected chi connectivity index (χ2v) is 8.19. The predicted molar refractivity (Wildman–Crippen MR) is 130 cm³/mol. The normalized spacial score (nSPS) is 17.2. The maximum atomic E-state index is 13.1. The fourth-order valence-electron chi connectivity index (χ4n) is 4.08. The number of methoxy groups -OCH3 is 1. The molecule has 6 heteroatoms. The molecule has 1 saturated heterocycles. The highest BCUT2D eigenvalue weighted by atomic mass is 16.5. The number of benzene rings is 3. The number of hydrogen-bond acceptors (Lipinski definition) is 5. The Kier molecular flexibility index (Phi) is 7.09. The van der Waals surface area contributed by atoms with Crippen LogP contribution in [-0.2, 0) is 14.3 Å². The van der Waals surface area contributed by atoms with Crippen molar-refractivity contribution in [3.05, 3.63) is 101 Å². The molecule has 1 N–H and O–H groups in total. The van der Waals surface area contributed by atoms with Crippen molar-refractivity contribution < 1.29 is 24.2 Å². The average molecular weight is 458 g/mol. The molecule has 1 fully saturated rings. The number of aryl methyl sites for hydroxylation is 1. The first-order valence-electron chi connectivity index (χ1n) is 11.2. The minimum atomic E-state index is -0.738. The van der Waals surface area contributed by atoms with Crippen LogP contribution in [0.1, 0.15) is 29.2 Å². The van der Waals surface area contributed by atoms with Crippen molar-refractivity contribution in [2.75, 3.05) is 20.3 Å². The van der Waals surface area contributed by atoms with Gasteiger partial charge >= 0.3 is 0 Å². The third-order valence-corrected chi connectivity index (χ3v) is 5.77. The molecule has 3 aromatic rings. The molecule has 0 aromatic heterocycles. The van der Waals surface area contributed by atoms with Crippen LogP contribution in [0, 0.1) is 6.92 Å². The van der Waals surface area contributed by atoms with E-state index in [1.165, 1.54) is 4.90 Å². The van der Waals surface area contributed by atoms with Gasteiger partial charge in [-0.15, -0.1) is 0 Å². The van der Waals surface area contributed by atoms with Crippen LogP contribution in [0.4, 0.5) is 0 Å². The first kappa shape index (κ1) is 23.3. The standard InChI is InChI=1S/C28H27NO5/c1-19-12-14-20(15-13-19)26(30)24-25(29(16-7-17-33-2)28(32)27(24)31)21-8-6-11-23(18-21)34-22-9-4-3-5-10-22/h3-6,8-15,18,25,30H,7,16-17H2,1-2H3/t25-/m0/s1. The van der Waals surface area contributed by atoms with Crippen LogP contribution in [0.5, 0.6) is 11.5 Å². The molecular weight excluding hydrogens is 430 g/mol. The molecule has 0 bridgehead atoms. The van der Waals surface area contributed by atoms with Gasteiger partial charge < -0.3 is 19.5 Å². The van der Waals surface area contributed by atoms with E-state index in [4.69, 9.17) is 9.47 Å². The number of para-hydroxylation sites is 1. The summed E-state index contributed by atoms with van der Waals surface area (Å²) in [5, 5.41) is 11.1. The van der Waals surface area contributed by atoms with Crippen molar-refractivity contribution in [2.24, 2.45) is 0 Å². The summed E-state index contributed by atoms with van der Waals surface area (Å²) >= 11 is 0. The number of rotatable bonds is 8. The van der Waals surface area contributed by atoms with E-state index in [0.29, 0.717) is 42.2 Å². The van der Waals surface area contributed by atoms with Crippen molar-refractivity contribution in [2.45, 2.75) is 19.4 Å². The lowest BCUT2D eigenvalue weighted by Crippen LogP contribution is -2.31. The third-order valence-electron chi connectivity index (χ3n) is 5.77. The Morgan fingerprint density at radius 3 is 2.35 bits per heavy atom. The molecule has 0 aliphatic carbocycles. The summed E-state index contributed by atoms with van der Waals surface area (Å²) in [6, 6.07) is 23.1. The number of aliphatic hydroxyl groups is 1. The first-order valence-corrected chi connectivity index (χ1v) is 11.2. The van der Waals surface area contributed by atoms with Gasteiger partial charge in [0.25, 0.3) is 11.7 Å². The van der Waals surface area contributed by atoms with E-state index >= 15 is 0 Å². The van der Waals surface area contributed by atoms with Crippen molar-refractivity contribution in [1.82, 2.24) is 4.90 Å². The summed E-state index contributed by atoms with van der Waals surface area (Å²) in [6.45, 7) is 2.71. The van der Waals surface area contributed by atoms with E-state index in [9.17, 15) is 14.7 Å². The number of nitrogens with zero attached hydrogens (tertiary/aromatic N) is 1. The molecule has 0 radical (unpaired) electrons. The Labute approximate surface area is 199 Å². The number of ketones is 1. The molecule has 0 saturated carbocycles. The number of Topliss-reactive ketones (excluding diaryl/α,β-unsaturated/α-hetero) is 1. The minimum absolute atomic E-state index is 0.0723. The summed E-state index contributed by atoms with van der Waals surface area (Å²) in [5.41, 5.74) is 2.27. The number of amides is 1. The largest absolute Gasteiger partial charge is 0.507 e. The highest BCUT2D eigenvalue weighted by Gasteiger charge is 2.45. The van der Waals surface area contributed by atoms with Crippen molar-refractivity contribution >= 4 is 17.4 Å². The second kappa shape index (κ2) is 10.4. The lowest BCUT2D eigenvalue weighted by Gasteiger charge is -2.25. The van der Waals surface area contributed by atoms with E-state index in [0.717, 1.165) is 5.56 Å². The first-order chi connectivity index (χ1) is 16.5. The number of ether oxygens (including phenoxy) is 2. The molecule has 0 spiro atoms. The average Bonchev–Trinajstić information content (AvgIpc) is 3.10. The topological polar surface area (TPSA) is 76.1 Å². The monoisotopic (exact) mass is 457 g/mol. The van der Waals surface area contributed by atoms with Crippen molar-refractivity contribution in [1.29, 1.82) is 0 Å². The van der Waals surface area contributed by atoms with Crippen molar-refractivity contribution in [3.63, 3.8) is 0 Å². The lowest BCUT2D eigenvalue weighted by atomic mass is 9.95. The molecular formula is C28H27NO5. The molecule has 6 nitrogen and oxygen atoms in total. The Bertz CT molecular complexity index is 1200. The van der Waals surface area contributed by atoms with Gasteiger partial charge in [0.2, 0.25) is 0 Å². The molecule has 1 atom stereocenters. The summed E-state index contributed by atoms with van der Waals surface area (Å²) in [7, 11) is 1.59. The van der Waals surface area contributed by atoms with Gasteiger partial charge in [-0.2, -0.15) is 0 Å². The minimum Gasteiger partial charge on any atom is -0.507 e.